The van der Waals surface area contributed by atoms with Crippen LogP contribution >= 0.6 is 0 Å². The lowest BCUT2D eigenvalue weighted by Crippen LogP contribution is -2.01. The van der Waals surface area contributed by atoms with Gasteiger partial charge in [-0.25, -0.2) is 9.97 Å². The summed E-state index contributed by atoms with van der Waals surface area (Å²) in [6.07, 6.45) is 0. The topological polar surface area (TPSA) is 40.6 Å². The molecule has 0 spiro atoms. The van der Waals surface area contributed by atoms with Gasteiger partial charge in [0, 0.05) is 39.0 Å². The Morgan fingerprint density at radius 1 is 0.291 bits per heavy atom. The van der Waals surface area contributed by atoms with E-state index in [0.29, 0.717) is 0 Å². The molecule has 0 aliphatic carbocycles. The third-order valence-electron chi connectivity index (χ3n) is 10.7. The average Bonchev–Trinajstić information content (AvgIpc) is 3.94. The molecular weight excluding hydrogens is 671 g/mol. The zero-order chi connectivity index (χ0) is 36.3. The Balaban J connectivity index is 1.19. The molecule has 0 fully saturated rings. The molecule has 0 saturated carbocycles. The Labute approximate surface area is 317 Å². The van der Waals surface area contributed by atoms with Crippen molar-refractivity contribution < 1.29 is 0 Å². The third kappa shape index (κ3) is 5.02. The largest absolute Gasteiger partial charge is 0.309 e. The maximum absolute atomic E-state index is 5.39. The molecule has 5 heteroatoms. The lowest BCUT2D eigenvalue weighted by atomic mass is 9.96. The molecule has 0 N–H and O–H groups in total. The second-order valence-electron chi connectivity index (χ2n) is 13.9. The minimum Gasteiger partial charge on any atom is -0.309 e. The molecule has 55 heavy (non-hydrogen) atoms. The van der Waals surface area contributed by atoms with E-state index in [1.54, 1.807) is 0 Å². The van der Waals surface area contributed by atoms with Gasteiger partial charge in [0.1, 0.15) is 11.6 Å². The van der Waals surface area contributed by atoms with Gasteiger partial charge in [0.05, 0.1) is 33.1 Å². The Kier molecular flexibility index (Phi) is 7.10. The van der Waals surface area contributed by atoms with Crippen LogP contribution in [-0.2, 0) is 0 Å². The summed E-state index contributed by atoms with van der Waals surface area (Å²) in [5.74, 6) is 1.75. The monoisotopic (exact) mass is 703 g/mol. The molecule has 0 bridgehead atoms. The normalized spacial score (nSPS) is 11.6. The Bertz CT molecular complexity index is 3150. The molecule has 0 unspecified atom stereocenters. The Morgan fingerprint density at radius 2 is 0.782 bits per heavy atom. The maximum atomic E-state index is 5.39. The van der Waals surface area contributed by atoms with Gasteiger partial charge in [0.15, 0.2) is 0 Å². The number of fused-ring (bicyclic) bond motifs is 5. The SMILES string of the molecule is c1ccc(-n2c(-c3ccc(-c4cccc(-n5c6ccccc6c6ccccc65)c4)c(-c4nc5ccccc5n4-c4ccccc4)c3)nc3ccccc32)cc1. The number of rotatable bonds is 6. The highest BCUT2D eigenvalue weighted by atomic mass is 15.1. The maximum Gasteiger partial charge on any atom is 0.146 e. The van der Waals surface area contributed by atoms with Crippen LogP contribution in [0.15, 0.2) is 200 Å². The molecule has 11 rings (SSSR count). The van der Waals surface area contributed by atoms with Crippen molar-refractivity contribution in [3.8, 4) is 51.0 Å². The summed E-state index contributed by atoms with van der Waals surface area (Å²) < 4.78 is 6.93. The summed E-state index contributed by atoms with van der Waals surface area (Å²) in [5.41, 5.74) is 13.8. The summed E-state index contributed by atoms with van der Waals surface area (Å²) in [7, 11) is 0. The second-order valence-corrected chi connectivity index (χ2v) is 13.9. The molecule has 0 radical (unpaired) electrons. The molecule has 0 atom stereocenters. The first-order valence-corrected chi connectivity index (χ1v) is 18.6. The first kappa shape index (κ1) is 31.1. The van der Waals surface area contributed by atoms with Crippen LogP contribution in [0.25, 0.3) is 94.8 Å². The number of benzene rings is 8. The van der Waals surface area contributed by atoms with Crippen molar-refractivity contribution in [3.05, 3.63) is 200 Å². The first-order valence-electron chi connectivity index (χ1n) is 18.6. The minimum atomic E-state index is 0.869. The summed E-state index contributed by atoms with van der Waals surface area (Å²) in [5, 5.41) is 2.48. The van der Waals surface area contributed by atoms with Crippen LogP contribution in [-0.4, -0.2) is 23.7 Å². The van der Waals surface area contributed by atoms with Gasteiger partial charge in [-0.3, -0.25) is 9.13 Å². The molecule has 11 aromatic rings. The van der Waals surface area contributed by atoms with Crippen LogP contribution in [0.3, 0.4) is 0 Å². The van der Waals surface area contributed by atoms with Crippen LogP contribution in [0.2, 0.25) is 0 Å². The standard InChI is InChI=1S/C50H33N5/c1-3-17-36(18-4-1)54-47-28-13-9-24-43(47)51-49(54)35-30-31-39(42(33-35)50-52-44-25-10-14-29-48(44)55(50)37-19-5-2-6-20-37)34-16-15-21-38(32-34)53-45-26-11-7-22-40(45)41-23-8-12-27-46(41)53/h1-33H. The van der Waals surface area contributed by atoms with E-state index in [1.165, 1.54) is 21.8 Å². The highest BCUT2D eigenvalue weighted by molar-refractivity contribution is 6.09. The van der Waals surface area contributed by atoms with Gasteiger partial charge >= 0.3 is 0 Å². The molecule has 258 valence electrons. The smallest absolute Gasteiger partial charge is 0.146 e. The molecule has 0 aliphatic heterocycles. The van der Waals surface area contributed by atoms with E-state index in [1.807, 2.05) is 0 Å². The Morgan fingerprint density at radius 3 is 1.40 bits per heavy atom. The molecule has 0 amide bonds. The van der Waals surface area contributed by atoms with Crippen LogP contribution in [0.4, 0.5) is 0 Å². The highest BCUT2D eigenvalue weighted by Gasteiger charge is 2.22. The summed E-state index contributed by atoms with van der Waals surface area (Å²) in [6, 6.07) is 70.7. The predicted octanol–water partition coefficient (Wildman–Crippen LogP) is 12.5. The summed E-state index contributed by atoms with van der Waals surface area (Å²) >= 11 is 0. The zero-order valence-corrected chi connectivity index (χ0v) is 29.8. The molecular formula is C50H33N5. The van der Waals surface area contributed by atoms with E-state index in [0.717, 1.165) is 73.0 Å². The fraction of sp³-hybridized carbons (Fsp3) is 0. The molecule has 3 heterocycles. The van der Waals surface area contributed by atoms with Gasteiger partial charge in [-0.15, -0.1) is 0 Å². The van der Waals surface area contributed by atoms with Crippen LogP contribution in [0, 0.1) is 0 Å². The second kappa shape index (κ2) is 12.6. The fourth-order valence-electron chi connectivity index (χ4n) is 8.24. The van der Waals surface area contributed by atoms with Crippen molar-refractivity contribution in [1.29, 1.82) is 0 Å². The molecule has 0 saturated heterocycles. The van der Waals surface area contributed by atoms with Crippen molar-refractivity contribution >= 4 is 43.9 Å². The van der Waals surface area contributed by atoms with Crippen molar-refractivity contribution in [3.63, 3.8) is 0 Å². The number of imidazole rings is 2. The number of hydrogen-bond acceptors (Lipinski definition) is 2. The minimum absolute atomic E-state index is 0.869. The van der Waals surface area contributed by atoms with E-state index < -0.39 is 0 Å². The lowest BCUT2D eigenvalue weighted by molar-refractivity contribution is 1.09. The van der Waals surface area contributed by atoms with Gasteiger partial charge in [0.2, 0.25) is 0 Å². The zero-order valence-electron chi connectivity index (χ0n) is 29.8. The molecule has 5 nitrogen and oxygen atoms in total. The number of aromatic nitrogens is 5. The van der Waals surface area contributed by atoms with Gasteiger partial charge in [-0.05, 0) is 90.0 Å². The van der Waals surface area contributed by atoms with Crippen LogP contribution in [0.1, 0.15) is 0 Å². The van der Waals surface area contributed by atoms with E-state index in [-0.39, 0.29) is 0 Å². The first-order chi connectivity index (χ1) is 27.3. The van der Waals surface area contributed by atoms with Crippen molar-refractivity contribution in [2.45, 2.75) is 0 Å². The van der Waals surface area contributed by atoms with E-state index >= 15 is 0 Å². The predicted molar refractivity (Wildman–Crippen MR) is 226 cm³/mol. The van der Waals surface area contributed by atoms with E-state index in [4.69, 9.17) is 9.97 Å². The fourth-order valence-corrected chi connectivity index (χ4v) is 8.24. The highest BCUT2D eigenvalue weighted by Crippen LogP contribution is 2.40. The summed E-state index contributed by atoms with van der Waals surface area (Å²) in [6.45, 7) is 0. The van der Waals surface area contributed by atoms with Gasteiger partial charge in [0.25, 0.3) is 0 Å². The van der Waals surface area contributed by atoms with Gasteiger partial charge in [-0.1, -0.05) is 121 Å². The van der Waals surface area contributed by atoms with E-state index in [9.17, 15) is 0 Å². The third-order valence-corrected chi connectivity index (χ3v) is 10.7. The van der Waals surface area contributed by atoms with Gasteiger partial charge < -0.3 is 4.57 Å². The molecule has 0 aliphatic rings. The molecule has 8 aromatic carbocycles. The van der Waals surface area contributed by atoms with Crippen LogP contribution < -0.4 is 0 Å². The average molecular weight is 704 g/mol. The summed E-state index contributed by atoms with van der Waals surface area (Å²) in [4.78, 5) is 10.6. The number of nitrogens with zero attached hydrogens (tertiary/aromatic N) is 5. The van der Waals surface area contributed by atoms with Crippen molar-refractivity contribution in [2.24, 2.45) is 0 Å². The van der Waals surface area contributed by atoms with Crippen molar-refractivity contribution in [1.82, 2.24) is 23.7 Å². The number of hydrogen-bond donors (Lipinski definition) is 0. The van der Waals surface area contributed by atoms with Crippen LogP contribution in [0.5, 0.6) is 0 Å². The quantitative estimate of drug-likeness (QED) is 0.173. The van der Waals surface area contributed by atoms with Crippen molar-refractivity contribution in [2.75, 3.05) is 0 Å². The molecule has 3 aromatic heterocycles. The Hall–Kier alpha value is -7.50. The van der Waals surface area contributed by atoms with E-state index in [2.05, 4.69) is 214 Å². The number of para-hydroxylation sites is 8. The van der Waals surface area contributed by atoms with Gasteiger partial charge in [-0.2, -0.15) is 0 Å². The lowest BCUT2D eigenvalue weighted by Gasteiger charge is -2.17.